The molecule has 1 heterocycles. The van der Waals surface area contributed by atoms with E-state index in [1.165, 1.54) is 0 Å². The molecule has 2 N–H and O–H groups in total. The van der Waals surface area contributed by atoms with E-state index < -0.39 is 5.60 Å². The SMILES string of the molecule is CCNC1CCCN(CC(C)(O)CN(C)C)C1=O. The molecule has 5 heteroatoms. The van der Waals surface area contributed by atoms with Crippen LogP contribution in [0.1, 0.15) is 26.7 Å². The predicted octanol–water partition coefficient (Wildman–Crippen LogP) is -0.100. The van der Waals surface area contributed by atoms with Gasteiger partial charge in [0.1, 0.15) is 0 Å². The van der Waals surface area contributed by atoms with Crippen molar-refractivity contribution < 1.29 is 9.90 Å². The first-order valence-corrected chi connectivity index (χ1v) is 6.75. The number of hydrogen-bond donors (Lipinski definition) is 2. The number of piperidine rings is 1. The van der Waals surface area contributed by atoms with Crippen LogP contribution in [0.5, 0.6) is 0 Å². The molecular weight excluding hydrogens is 230 g/mol. The Hall–Kier alpha value is -0.650. The summed E-state index contributed by atoms with van der Waals surface area (Å²) in [7, 11) is 3.85. The number of amides is 1. The van der Waals surface area contributed by atoms with Gasteiger partial charge in [0.15, 0.2) is 0 Å². The molecule has 0 radical (unpaired) electrons. The first kappa shape index (κ1) is 15.4. The molecule has 2 unspecified atom stereocenters. The summed E-state index contributed by atoms with van der Waals surface area (Å²) >= 11 is 0. The van der Waals surface area contributed by atoms with Crippen molar-refractivity contribution in [1.29, 1.82) is 0 Å². The number of likely N-dealkylation sites (tertiary alicyclic amines) is 1. The molecule has 1 aliphatic heterocycles. The first-order chi connectivity index (χ1) is 8.35. The summed E-state index contributed by atoms with van der Waals surface area (Å²) < 4.78 is 0. The fraction of sp³-hybridized carbons (Fsp3) is 0.923. The second kappa shape index (κ2) is 6.50. The topological polar surface area (TPSA) is 55.8 Å². The van der Waals surface area contributed by atoms with Gasteiger partial charge < -0.3 is 20.2 Å². The lowest BCUT2D eigenvalue weighted by Crippen LogP contribution is -2.56. The predicted molar refractivity (Wildman–Crippen MR) is 72.5 cm³/mol. The van der Waals surface area contributed by atoms with Gasteiger partial charge in [0.25, 0.3) is 0 Å². The van der Waals surface area contributed by atoms with Gasteiger partial charge >= 0.3 is 0 Å². The van der Waals surface area contributed by atoms with Crippen molar-refractivity contribution in [2.24, 2.45) is 0 Å². The van der Waals surface area contributed by atoms with E-state index in [-0.39, 0.29) is 11.9 Å². The van der Waals surface area contributed by atoms with Crippen molar-refractivity contribution in [3.8, 4) is 0 Å². The lowest BCUT2D eigenvalue weighted by atomic mass is 10.0. The zero-order valence-electron chi connectivity index (χ0n) is 12.1. The first-order valence-electron chi connectivity index (χ1n) is 6.75. The second-order valence-electron chi connectivity index (χ2n) is 5.75. The molecule has 1 saturated heterocycles. The Kier molecular flexibility index (Phi) is 5.56. The molecule has 0 saturated carbocycles. The maximum atomic E-state index is 12.2. The minimum absolute atomic E-state index is 0.0705. The van der Waals surface area contributed by atoms with E-state index in [0.29, 0.717) is 13.1 Å². The van der Waals surface area contributed by atoms with Crippen LogP contribution in [-0.2, 0) is 4.79 Å². The van der Waals surface area contributed by atoms with E-state index in [0.717, 1.165) is 25.9 Å². The molecule has 0 bridgehead atoms. The average Bonchev–Trinajstić information content (AvgIpc) is 2.22. The minimum atomic E-state index is -0.854. The quantitative estimate of drug-likeness (QED) is 0.698. The molecule has 0 aromatic rings. The fourth-order valence-electron chi connectivity index (χ4n) is 2.68. The largest absolute Gasteiger partial charge is 0.387 e. The molecule has 1 rings (SSSR count). The average molecular weight is 257 g/mol. The third kappa shape index (κ3) is 4.55. The molecule has 0 spiro atoms. The van der Waals surface area contributed by atoms with Crippen molar-refractivity contribution >= 4 is 5.91 Å². The highest BCUT2D eigenvalue weighted by molar-refractivity contribution is 5.82. The molecule has 1 fully saturated rings. The van der Waals surface area contributed by atoms with Gasteiger partial charge in [-0.05, 0) is 40.4 Å². The van der Waals surface area contributed by atoms with Crippen LogP contribution < -0.4 is 5.32 Å². The van der Waals surface area contributed by atoms with Crippen LogP contribution in [0.25, 0.3) is 0 Å². The zero-order chi connectivity index (χ0) is 13.8. The van der Waals surface area contributed by atoms with E-state index in [4.69, 9.17) is 0 Å². The van der Waals surface area contributed by atoms with Crippen LogP contribution in [0.15, 0.2) is 0 Å². The van der Waals surface area contributed by atoms with E-state index in [1.807, 2.05) is 25.9 Å². The summed E-state index contributed by atoms with van der Waals surface area (Å²) in [6.07, 6.45) is 1.90. The Labute approximate surface area is 110 Å². The molecule has 2 atom stereocenters. The zero-order valence-corrected chi connectivity index (χ0v) is 12.1. The number of carbonyl (C=O) groups is 1. The van der Waals surface area contributed by atoms with Crippen molar-refractivity contribution in [3.05, 3.63) is 0 Å². The van der Waals surface area contributed by atoms with Gasteiger partial charge in [-0.3, -0.25) is 4.79 Å². The van der Waals surface area contributed by atoms with E-state index in [1.54, 1.807) is 11.8 Å². The second-order valence-corrected chi connectivity index (χ2v) is 5.75. The van der Waals surface area contributed by atoms with Gasteiger partial charge in [-0.15, -0.1) is 0 Å². The number of nitrogens with zero attached hydrogens (tertiary/aromatic N) is 2. The summed E-state index contributed by atoms with van der Waals surface area (Å²) in [4.78, 5) is 16.0. The summed E-state index contributed by atoms with van der Waals surface area (Å²) in [5.74, 6) is 0.127. The Bertz CT molecular complexity index is 277. The monoisotopic (exact) mass is 257 g/mol. The number of rotatable bonds is 6. The smallest absolute Gasteiger partial charge is 0.239 e. The molecule has 0 aliphatic carbocycles. The van der Waals surface area contributed by atoms with Crippen LogP contribution >= 0.6 is 0 Å². The molecule has 0 aromatic carbocycles. The van der Waals surface area contributed by atoms with Gasteiger partial charge in [0.2, 0.25) is 5.91 Å². The van der Waals surface area contributed by atoms with Crippen LogP contribution in [0.4, 0.5) is 0 Å². The fourth-order valence-corrected chi connectivity index (χ4v) is 2.68. The van der Waals surface area contributed by atoms with Crippen LogP contribution in [-0.4, -0.2) is 72.7 Å². The molecule has 0 aromatic heterocycles. The van der Waals surface area contributed by atoms with E-state index >= 15 is 0 Å². The van der Waals surface area contributed by atoms with Crippen molar-refractivity contribution in [1.82, 2.24) is 15.1 Å². The van der Waals surface area contributed by atoms with Gasteiger partial charge in [-0.25, -0.2) is 0 Å². The van der Waals surface area contributed by atoms with E-state index in [2.05, 4.69) is 5.32 Å². The normalized spacial score (nSPS) is 24.4. The summed E-state index contributed by atoms with van der Waals surface area (Å²) in [6, 6.07) is -0.0705. The summed E-state index contributed by atoms with van der Waals surface area (Å²) in [5, 5.41) is 13.5. The Morgan fingerprint density at radius 1 is 1.56 bits per heavy atom. The highest BCUT2D eigenvalue weighted by Crippen LogP contribution is 2.16. The maximum absolute atomic E-state index is 12.2. The lowest BCUT2D eigenvalue weighted by molar-refractivity contribution is -0.139. The Morgan fingerprint density at radius 3 is 2.78 bits per heavy atom. The third-order valence-corrected chi connectivity index (χ3v) is 3.17. The molecule has 1 aliphatic rings. The standard InChI is InChI=1S/C13H27N3O2/c1-5-14-11-7-6-8-16(12(11)17)10-13(2,18)9-15(3)4/h11,14,18H,5-10H2,1-4H3. The number of β-amino-alcohol motifs (C(OH)–C–C–N with tert-alkyl or cyclic N) is 1. The third-order valence-electron chi connectivity index (χ3n) is 3.17. The Balaban J connectivity index is 2.57. The van der Waals surface area contributed by atoms with Crippen molar-refractivity contribution in [2.75, 3.05) is 40.3 Å². The lowest BCUT2D eigenvalue weighted by Gasteiger charge is -2.38. The van der Waals surface area contributed by atoms with Crippen molar-refractivity contribution in [2.45, 2.75) is 38.3 Å². The van der Waals surface area contributed by atoms with Crippen LogP contribution in [0.3, 0.4) is 0 Å². The molecule has 18 heavy (non-hydrogen) atoms. The summed E-state index contributed by atoms with van der Waals surface area (Å²) in [6.45, 7) is 6.32. The van der Waals surface area contributed by atoms with Crippen LogP contribution in [0.2, 0.25) is 0 Å². The minimum Gasteiger partial charge on any atom is -0.387 e. The van der Waals surface area contributed by atoms with Gasteiger partial charge in [0.05, 0.1) is 18.2 Å². The highest BCUT2D eigenvalue weighted by atomic mass is 16.3. The molecule has 5 nitrogen and oxygen atoms in total. The van der Waals surface area contributed by atoms with Gasteiger partial charge in [0, 0.05) is 13.1 Å². The number of nitrogens with one attached hydrogen (secondary N) is 1. The number of hydrogen-bond acceptors (Lipinski definition) is 4. The summed E-state index contributed by atoms with van der Waals surface area (Å²) in [5.41, 5.74) is -0.854. The number of aliphatic hydroxyl groups is 1. The molecular formula is C13H27N3O2. The molecule has 106 valence electrons. The number of likely N-dealkylation sites (N-methyl/N-ethyl adjacent to an activating group) is 2. The van der Waals surface area contributed by atoms with Crippen molar-refractivity contribution in [3.63, 3.8) is 0 Å². The van der Waals surface area contributed by atoms with Gasteiger partial charge in [-0.1, -0.05) is 6.92 Å². The highest BCUT2D eigenvalue weighted by Gasteiger charge is 2.33. The van der Waals surface area contributed by atoms with Gasteiger partial charge in [-0.2, -0.15) is 0 Å². The molecule has 1 amide bonds. The maximum Gasteiger partial charge on any atom is 0.239 e. The number of carbonyl (C=O) groups excluding carboxylic acids is 1. The Morgan fingerprint density at radius 2 is 2.22 bits per heavy atom. The van der Waals surface area contributed by atoms with E-state index in [9.17, 15) is 9.90 Å². The van der Waals surface area contributed by atoms with Crippen LogP contribution in [0, 0.1) is 0 Å².